The van der Waals surface area contributed by atoms with Gasteiger partial charge in [-0.15, -0.1) is 0 Å². The third kappa shape index (κ3) is 6.91. The summed E-state index contributed by atoms with van der Waals surface area (Å²) in [4.78, 5) is 5.38. The van der Waals surface area contributed by atoms with Crippen LogP contribution in [-0.4, -0.2) is 9.55 Å². The van der Waals surface area contributed by atoms with Crippen LogP contribution < -0.4 is 0 Å². The molecule has 2 nitrogen and oxygen atoms in total. The fourth-order valence-corrected chi connectivity index (χ4v) is 16.3. The van der Waals surface area contributed by atoms with Gasteiger partial charge in [0.15, 0.2) is 0 Å². The zero-order valence-corrected chi connectivity index (χ0v) is 48.2. The molecule has 1 unspecified atom stereocenters. The third-order valence-corrected chi connectivity index (χ3v) is 19.9. The Morgan fingerprint density at radius 1 is 0.227 bits per heavy atom. The molecule has 0 radical (unpaired) electrons. The molecule has 0 N–H and O–H groups in total. The summed E-state index contributed by atoms with van der Waals surface area (Å²) in [5.41, 5.74) is 27.5. The van der Waals surface area contributed by atoms with E-state index in [4.69, 9.17) is 4.98 Å². The predicted molar refractivity (Wildman–Crippen MR) is 361 cm³/mol. The van der Waals surface area contributed by atoms with Crippen LogP contribution in [0.5, 0.6) is 0 Å². The van der Waals surface area contributed by atoms with Gasteiger partial charge in [0.1, 0.15) is 0 Å². The molecule has 1 atom stereocenters. The summed E-state index contributed by atoms with van der Waals surface area (Å²) in [5.74, 6) is 0. The SMILES string of the molecule is c1ccc(-c2ccc(C3(c4cc(C5(c6ccc(-c7ccccc7)cc6)c6ccccc6-c6ccccc65)cc(C5(c6ccc(-n7c8ccccc8c8ccccc87)cc6)c6ccccc6-c6ncccc65)c4)c4ccccc4-c4ccccc43)cc2)cc1. The standard InChI is InChI=1S/C86H56N2/c1-3-22-57(23-4-1)59-41-45-61(46-42-59)84(75-33-14-7-26-68(75)69-27-8-15-34-76(69)84)64-54-65(85(62-47-43-60(44-48-62)58-24-5-2-6-25-58)77-35-16-9-28-70(77)71-29-10-17-36-78(71)85)56-66(55-64)86(79-37-18-11-32-74(79)83-80(86)38-21-53-87-83)63-49-51-67(52-50-63)88-81-39-19-12-30-72(81)73-31-13-20-40-82(73)88/h1-56H. The number of hydrogen-bond acceptors (Lipinski definition) is 1. The summed E-state index contributed by atoms with van der Waals surface area (Å²) in [6.07, 6.45) is 1.97. The zero-order valence-electron chi connectivity index (χ0n) is 48.2. The summed E-state index contributed by atoms with van der Waals surface area (Å²) in [6.45, 7) is 0. The van der Waals surface area contributed by atoms with Gasteiger partial charge in [0, 0.05) is 28.2 Å². The van der Waals surface area contributed by atoms with E-state index in [1.165, 1.54) is 128 Å². The number of benzene rings is 13. The van der Waals surface area contributed by atoms with E-state index < -0.39 is 16.2 Å². The molecule has 0 saturated heterocycles. The molecule has 0 saturated carbocycles. The highest BCUT2D eigenvalue weighted by Crippen LogP contribution is 2.63. The largest absolute Gasteiger partial charge is 0.309 e. The van der Waals surface area contributed by atoms with Gasteiger partial charge in [0.05, 0.1) is 33.0 Å². The van der Waals surface area contributed by atoms with Gasteiger partial charge in [-0.1, -0.05) is 303 Å². The van der Waals surface area contributed by atoms with Gasteiger partial charge in [-0.2, -0.15) is 0 Å². The van der Waals surface area contributed by atoms with Gasteiger partial charge < -0.3 is 4.57 Å². The van der Waals surface area contributed by atoms with Crippen LogP contribution >= 0.6 is 0 Å². The van der Waals surface area contributed by atoms with E-state index in [1.54, 1.807) is 0 Å². The first-order valence-corrected chi connectivity index (χ1v) is 30.7. The Hall–Kier alpha value is -11.2. The second kappa shape index (κ2) is 19.4. The maximum absolute atomic E-state index is 5.38. The minimum Gasteiger partial charge on any atom is -0.309 e. The molecule has 2 aromatic heterocycles. The molecule has 3 aliphatic carbocycles. The fourth-order valence-electron chi connectivity index (χ4n) is 16.3. The van der Waals surface area contributed by atoms with Crippen molar-refractivity contribution >= 4 is 21.8 Å². The highest BCUT2D eigenvalue weighted by molar-refractivity contribution is 6.09. The lowest BCUT2D eigenvalue weighted by Gasteiger charge is -2.41. The van der Waals surface area contributed by atoms with Crippen LogP contribution in [-0.2, 0) is 16.2 Å². The molecule has 2 heterocycles. The van der Waals surface area contributed by atoms with Gasteiger partial charge >= 0.3 is 0 Å². The smallest absolute Gasteiger partial charge is 0.0753 e. The second-order valence-electron chi connectivity index (χ2n) is 24.0. The number of para-hydroxylation sites is 2. The maximum atomic E-state index is 5.38. The van der Waals surface area contributed by atoms with Gasteiger partial charge in [-0.3, -0.25) is 4.98 Å². The summed E-state index contributed by atoms with van der Waals surface area (Å²) >= 11 is 0. The van der Waals surface area contributed by atoms with Gasteiger partial charge in [-0.25, -0.2) is 0 Å². The van der Waals surface area contributed by atoms with Crippen LogP contribution in [0.15, 0.2) is 340 Å². The molecule has 0 aliphatic heterocycles. The Morgan fingerprint density at radius 3 is 0.955 bits per heavy atom. The number of nitrogens with zero attached hydrogens (tertiary/aromatic N) is 2. The van der Waals surface area contributed by atoms with Crippen molar-refractivity contribution in [3.05, 3.63) is 407 Å². The molecule has 15 aromatic rings. The van der Waals surface area contributed by atoms with E-state index in [0.29, 0.717) is 0 Å². The fraction of sp³-hybridized carbons (Fsp3) is 0.0349. The van der Waals surface area contributed by atoms with E-state index in [2.05, 4.69) is 338 Å². The Labute approximate surface area is 512 Å². The average molecular weight is 1120 g/mol. The normalized spacial score (nSPS) is 15.3. The third-order valence-electron chi connectivity index (χ3n) is 19.9. The molecule has 3 aliphatic rings. The topological polar surface area (TPSA) is 17.8 Å². The van der Waals surface area contributed by atoms with Crippen LogP contribution in [0.1, 0.15) is 66.8 Å². The molecular weight excluding hydrogens is 1060 g/mol. The molecule has 0 fully saturated rings. The Bertz CT molecular complexity index is 4860. The predicted octanol–water partition coefficient (Wildman–Crippen LogP) is 20.6. The van der Waals surface area contributed by atoms with E-state index in [-0.39, 0.29) is 0 Å². The van der Waals surface area contributed by atoms with Crippen LogP contribution in [0.2, 0.25) is 0 Å². The van der Waals surface area contributed by atoms with Crippen molar-refractivity contribution in [2.75, 3.05) is 0 Å². The van der Waals surface area contributed by atoms with Crippen molar-refractivity contribution in [1.29, 1.82) is 0 Å². The highest BCUT2D eigenvalue weighted by Gasteiger charge is 2.53. The minimum absolute atomic E-state index is 0.791. The lowest BCUT2D eigenvalue weighted by molar-refractivity contribution is 0.713. The first-order valence-electron chi connectivity index (χ1n) is 30.7. The highest BCUT2D eigenvalue weighted by atomic mass is 15.0. The molecule has 88 heavy (non-hydrogen) atoms. The molecule has 13 aromatic carbocycles. The number of hydrogen-bond donors (Lipinski definition) is 0. The van der Waals surface area contributed by atoms with Crippen LogP contribution in [0.25, 0.3) is 83.3 Å². The summed E-state index contributed by atoms with van der Waals surface area (Å²) in [6, 6.07) is 126. The Balaban J connectivity index is 0.997. The maximum Gasteiger partial charge on any atom is 0.0753 e. The molecule has 410 valence electrons. The summed E-state index contributed by atoms with van der Waals surface area (Å²) < 4.78 is 2.43. The lowest BCUT2D eigenvalue weighted by atomic mass is 9.60. The number of fused-ring (bicyclic) bond motifs is 12. The van der Waals surface area contributed by atoms with Gasteiger partial charge in [0.2, 0.25) is 0 Å². The van der Waals surface area contributed by atoms with Crippen molar-refractivity contribution < 1.29 is 0 Å². The number of pyridine rings is 1. The summed E-state index contributed by atoms with van der Waals surface area (Å²) in [7, 11) is 0. The van der Waals surface area contributed by atoms with Gasteiger partial charge in [0.25, 0.3) is 0 Å². The number of rotatable bonds is 9. The first kappa shape index (κ1) is 50.2. The molecule has 0 amide bonds. The van der Waals surface area contributed by atoms with Crippen molar-refractivity contribution in [3.8, 4) is 61.5 Å². The second-order valence-corrected chi connectivity index (χ2v) is 24.0. The Kier molecular flexibility index (Phi) is 11.1. The molecular formula is C86H56N2. The Morgan fingerprint density at radius 2 is 0.534 bits per heavy atom. The lowest BCUT2D eigenvalue weighted by Crippen LogP contribution is -2.35. The van der Waals surface area contributed by atoms with Gasteiger partial charge in [-0.05, 0) is 142 Å². The van der Waals surface area contributed by atoms with E-state index in [9.17, 15) is 0 Å². The first-order chi connectivity index (χ1) is 43.6. The molecule has 18 rings (SSSR count). The zero-order chi connectivity index (χ0) is 58.0. The van der Waals surface area contributed by atoms with Crippen LogP contribution in [0.3, 0.4) is 0 Å². The van der Waals surface area contributed by atoms with E-state index in [1.807, 2.05) is 6.20 Å². The van der Waals surface area contributed by atoms with E-state index in [0.717, 1.165) is 22.5 Å². The summed E-state index contributed by atoms with van der Waals surface area (Å²) in [5, 5.41) is 2.48. The van der Waals surface area contributed by atoms with E-state index >= 15 is 0 Å². The monoisotopic (exact) mass is 1120 g/mol. The average Bonchev–Trinajstić information content (AvgIpc) is 1.47. The molecule has 2 heteroatoms. The minimum atomic E-state index is -0.865. The van der Waals surface area contributed by atoms with Crippen molar-refractivity contribution in [1.82, 2.24) is 9.55 Å². The van der Waals surface area contributed by atoms with Crippen LogP contribution in [0.4, 0.5) is 0 Å². The van der Waals surface area contributed by atoms with Crippen molar-refractivity contribution in [3.63, 3.8) is 0 Å². The number of aromatic nitrogens is 2. The van der Waals surface area contributed by atoms with Crippen LogP contribution in [0, 0.1) is 0 Å². The van der Waals surface area contributed by atoms with Crippen molar-refractivity contribution in [2.24, 2.45) is 0 Å². The van der Waals surface area contributed by atoms with Crippen molar-refractivity contribution in [2.45, 2.75) is 16.2 Å². The quantitative estimate of drug-likeness (QED) is 0.141. The molecule has 0 spiro atoms. The molecule has 0 bridgehead atoms.